The minimum Gasteiger partial charge on any atom is -0.493 e. The summed E-state index contributed by atoms with van der Waals surface area (Å²) in [6, 6.07) is 19.1. The van der Waals surface area contributed by atoms with Crippen LogP contribution in [0, 0.1) is 0 Å². The SMILES string of the molecule is COc1ccc2cc1OCC(=O)NCc1cc(C(=O)NCCCc3nc4ccccc4s3)cc(c1)-n1ccnc1-2. The van der Waals surface area contributed by atoms with Crippen molar-refractivity contribution < 1.29 is 19.1 Å². The summed E-state index contributed by atoms with van der Waals surface area (Å²) in [5, 5.41) is 6.97. The normalized spacial score (nSPS) is 12.8. The van der Waals surface area contributed by atoms with Crippen LogP contribution in [0.3, 0.4) is 0 Å². The zero-order valence-corrected chi connectivity index (χ0v) is 22.7. The number of carbonyl (C=O) groups excluding carboxylic acids is 2. The highest BCUT2D eigenvalue weighted by Gasteiger charge is 2.17. The number of aryl methyl sites for hydroxylation is 1. The van der Waals surface area contributed by atoms with Gasteiger partial charge < -0.3 is 20.1 Å². The van der Waals surface area contributed by atoms with Gasteiger partial charge in [-0.25, -0.2) is 9.97 Å². The molecule has 40 heavy (non-hydrogen) atoms. The molecule has 0 saturated carbocycles. The summed E-state index contributed by atoms with van der Waals surface area (Å²) >= 11 is 1.69. The van der Waals surface area contributed by atoms with E-state index in [2.05, 4.69) is 26.7 Å². The molecule has 4 bridgehead atoms. The Kier molecular flexibility index (Phi) is 7.15. The molecule has 0 aliphatic carbocycles. The Morgan fingerprint density at radius 3 is 2.95 bits per heavy atom. The van der Waals surface area contributed by atoms with Gasteiger partial charge in [0.2, 0.25) is 0 Å². The number of thiazole rings is 1. The fraction of sp³-hybridized carbons (Fsp3) is 0.200. The van der Waals surface area contributed by atoms with Crippen LogP contribution in [-0.2, 0) is 17.8 Å². The number of benzene rings is 3. The summed E-state index contributed by atoms with van der Waals surface area (Å²) in [5.74, 6) is 1.18. The number of nitrogens with one attached hydrogen (secondary N) is 2. The first-order valence-corrected chi connectivity index (χ1v) is 13.8. The first-order chi connectivity index (χ1) is 19.6. The molecule has 5 aromatic rings. The number of fused-ring (bicyclic) bond motifs is 8. The second-order valence-corrected chi connectivity index (χ2v) is 10.5. The van der Waals surface area contributed by atoms with Crippen LogP contribution < -0.4 is 20.1 Å². The van der Waals surface area contributed by atoms with Gasteiger partial charge in [-0.05, 0) is 60.5 Å². The Hall–Kier alpha value is -4.70. The second-order valence-electron chi connectivity index (χ2n) is 9.37. The maximum Gasteiger partial charge on any atom is 0.258 e. The molecule has 0 saturated heterocycles. The van der Waals surface area contributed by atoms with E-state index < -0.39 is 0 Å². The summed E-state index contributed by atoms with van der Waals surface area (Å²) in [6.45, 7) is 0.593. The van der Waals surface area contributed by atoms with Crippen molar-refractivity contribution >= 4 is 33.4 Å². The number of imidazole rings is 1. The Morgan fingerprint density at radius 1 is 1.18 bits per heavy atom. The van der Waals surface area contributed by atoms with Crippen LogP contribution in [0.4, 0.5) is 0 Å². The number of nitrogens with zero attached hydrogens (tertiary/aromatic N) is 3. The van der Waals surface area contributed by atoms with E-state index in [1.54, 1.807) is 42.8 Å². The monoisotopic (exact) mass is 553 g/mol. The molecule has 10 heteroatoms. The average molecular weight is 554 g/mol. The first-order valence-electron chi connectivity index (χ1n) is 13.0. The number of methoxy groups -OCH3 is 1. The third-order valence-corrected chi connectivity index (χ3v) is 7.72. The van der Waals surface area contributed by atoms with Crippen molar-refractivity contribution in [3.63, 3.8) is 0 Å². The zero-order valence-electron chi connectivity index (χ0n) is 21.8. The van der Waals surface area contributed by atoms with Gasteiger partial charge in [0.05, 0.1) is 22.3 Å². The quantitative estimate of drug-likeness (QED) is 0.299. The topological polar surface area (TPSA) is 107 Å². The van der Waals surface area contributed by atoms with Crippen LogP contribution in [0.25, 0.3) is 27.3 Å². The lowest BCUT2D eigenvalue weighted by molar-refractivity contribution is -0.123. The number of hydrogen-bond acceptors (Lipinski definition) is 7. The van der Waals surface area contributed by atoms with Crippen LogP contribution in [0.15, 0.2) is 73.1 Å². The predicted molar refractivity (Wildman–Crippen MR) is 153 cm³/mol. The highest BCUT2D eigenvalue weighted by Crippen LogP contribution is 2.33. The van der Waals surface area contributed by atoms with Crippen LogP contribution in [0.2, 0.25) is 0 Å². The van der Waals surface area contributed by atoms with Crippen molar-refractivity contribution in [1.29, 1.82) is 0 Å². The number of para-hydroxylation sites is 1. The van der Waals surface area contributed by atoms with E-state index in [4.69, 9.17) is 9.47 Å². The predicted octanol–water partition coefficient (Wildman–Crippen LogP) is 4.53. The summed E-state index contributed by atoms with van der Waals surface area (Å²) in [5.41, 5.74) is 3.84. The molecule has 2 aromatic heterocycles. The molecule has 0 fully saturated rings. The van der Waals surface area contributed by atoms with Gasteiger partial charge in [-0.2, -0.15) is 0 Å². The molecule has 2 amide bonds. The minimum absolute atomic E-state index is 0.171. The van der Waals surface area contributed by atoms with Crippen molar-refractivity contribution in [2.75, 3.05) is 20.3 Å². The molecule has 202 valence electrons. The number of hydrogen-bond donors (Lipinski definition) is 2. The highest BCUT2D eigenvalue weighted by atomic mass is 32.1. The van der Waals surface area contributed by atoms with E-state index in [0.717, 1.165) is 40.2 Å². The van der Waals surface area contributed by atoms with Gasteiger partial charge in [-0.3, -0.25) is 14.2 Å². The van der Waals surface area contributed by atoms with Crippen LogP contribution in [-0.4, -0.2) is 46.6 Å². The fourth-order valence-electron chi connectivity index (χ4n) is 4.67. The van der Waals surface area contributed by atoms with Gasteiger partial charge in [0, 0.05) is 48.7 Å². The third kappa shape index (κ3) is 5.39. The Labute approximate surface area is 234 Å². The van der Waals surface area contributed by atoms with E-state index in [9.17, 15) is 9.59 Å². The number of ether oxygens (including phenoxy) is 2. The van der Waals surface area contributed by atoms with Gasteiger partial charge >= 0.3 is 0 Å². The van der Waals surface area contributed by atoms with Gasteiger partial charge in [0.25, 0.3) is 11.8 Å². The molecular formula is C30H27N5O4S. The average Bonchev–Trinajstić information content (AvgIpc) is 3.64. The van der Waals surface area contributed by atoms with Crippen LogP contribution in [0.5, 0.6) is 11.5 Å². The van der Waals surface area contributed by atoms with E-state index >= 15 is 0 Å². The lowest BCUT2D eigenvalue weighted by Gasteiger charge is -2.14. The van der Waals surface area contributed by atoms with Crippen molar-refractivity contribution in [3.8, 4) is 28.6 Å². The van der Waals surface area contributed by atoms with Gasteiger partial charge in [-0.15, -0.1) is 11.3 Å². The Bertz CT molecular complexity index is 1680. The lowest BCUT2D eigenvalue weighted by Crippen LogP contribution is -2.29. The molecule has 0 radical (unpaired) electrons. The Morgan fingerprint density at radius 2 is 2.08 bits per heavy atom. The van der Waals surface area contributed by atoms with E-state index in [-0.39, 0.29) is 25.0 Å². The summed E-state index contributed by atoms with van der Waals surface area (Å²) in [6.07, 6.45) is 5.13. The molecule has 0 spiro atoms. The Balaban J connectivity index is 1.24. The van der Waals surface area contributed by atoms with E-state index in [0.29, 0.717) is 29.4 Å². The zero-order chi connectivity index (χ0) is 27.5. The largest absolute Gasteiger partial charge is 0.493 e. The minimum atomic E-state index is -0.282. The fourth-order valence-corrected chi connectivity index (χ4v) is 5.67. The molecule has 0 unspecified atom stereocenters. The molecule has 9 nitrogen and oxygen atoms in total. The van der Waals surface area contributed by atoms with Crippen molar-refractivity contribution in [1.82, 2.24) is 25.2 Å². The summed E-state index contributed by atoms with van der Waals surface area (Å²) in [7, 11) is 1.55. The number of carbonyl (C=O) groups is 2. The molecule has 6 rings (SSSR count). The molecule has 3 heterocycles. The number of rotatable bonds is 6. The van der Waals surface area contributed by atoms with Crippen LogP contribution in [0.1, 0.15) is 27.3 Å². The smallest absolute Gasteiger partial charge is 0.258 e. The lowest BCUT2D eigenvalue weighted by atomic mass is 10.1. The highest BCUT2D eigenvalue weighted by molar-refractivity contribution is 7.18. The van der Waals surface area contributed by atoms with Crippen molar-refractivity contribution in [2.45, 2.75) is 19.4 Å². The molecule has 0 atom stereocenters. The first kappa shape index (κ1) is 25.6. The molecule has 1 aliphatic rings. The van der Waals surface area contributed by atoms with Crippen molar-refractivity contribution in [2.24, 2.45) is 0 Å². The van der Waals surface area contributed by atoms with E-state index in [1.165, 1.54) is 4.70 Å². The second kappa shape index (κ2) is 11.2. The maximum absolute atomic E-state index is 13.2. The molecule has 2 N–H and O–H groups in total. The number of amides is 2. The van der Waals surface area contributed by atoms with Crippen molar-refractivity contribution in [3.05, 3.63) is 89.2 Å². The summed E-state index contributed by atoms with van der Waals surface area (Å²) in [4.78, 5) is 35.0. The van der Waals surface area contributed by atoms with Gasteiger partial charge in [-0.1, -0.05) is 12.1 Å². The number of aromatic nitrogens is 3. The molecule has 3 aromatic carbocycles. The molecule has 1 aliphatic heterocycles. The summed E-state index contributed by atoms with van der Waals surface area (Å²) < 4.78 is 14.3. The van der Waals surface area contributed by atoms with E-state index in [1.807, 2.05) is 47.2 Å². The third-order valence-electron chi connectivity index (χ3n) is 6.62. The van der Waals surface area contributed by atoms with Gasteiger partial charge in [0.1, 0.15) is 5.82 Å². The van der Waals surface area contributed by atoms with Crippen LogP contribution >= 0.6 is 11.3 Å². The maximum atomic E-state index is 13.2. The standard InChI is InChI=1S/C30H27N5O4S/c1-38-24-9-8-20-16-25(24)39-18-27(36)33-17-19-13-21(15-22(14-19)35-12-11-31-29(20)35)30(37)32-10-4-7-28-34-23-5-2-3-6-26(23)40-28/h2-3,5-6,8-9,11-16H,4,7,10,17-18H2,1H3,(H,32,37)(H,33,36). The van der Waals surface area contributed by atoms with Gasteiger partial charge in [0.15, 0.2) is 18.1 Å². The molecular weight excluding hydrogens is 526 g/mol.